The van der Waals surface area contributed by atoms with Crippen molar-refractivity contribution in [3.8, 4) is 0 Å². The van der Waals surface area contributed by atoms with Gasteiger partial charge in [0.1, 0.15) is 0 Å². The molecule has 0 radical (unpaired) electrons. The van der Waals surface area contributed by atoms with E-state index in [-0.39, 0.29) is 66.4 Å². The van der Waals surface area contributed by atoms with Gasteiger partial charge in [-0.3, -0.25) is 9.59 Å². The fourth-order valence-corrected chi connectivity index (χ4v) is 17.4. The molecule has 0 aromatic carbocycles. The number of rotatable bonds is 2. The van der Waals surface area contributed by atoms with Crippen LogP contribution in [0, 0.1) is 66.0 Å². The average Bonchev–Trinajstić information content (AvgIpc) is 3.26. The Labute approximate surface area is 396 Å². The van der Waals surface area contributed by atoms with Crippen molar-refractivity contribution in [3.05, 3.63) is 117 Å². The van der Waals surface area contributed by atoms with E-state index in [1.807, 2.05) is 13.8 Å². The Bertz CT molecular complexity index is 2380. The summed E-state index contributed by atoms with van der Waals surface area (Å²) in [5.74, 6) is 0.956. The monoisotopic (exact) mass is 897 g/mol. The molecular formula is C60H80O6. The second kappa shape index (κ2) is 14.3. The maximum Gasteiger partial charge on any atom is 0.220 e. The van der Waals surface area contributed by atoms with Crippen molar-refractivity contribution in [2.45, 2.75) is 173 Å². The maximum atomic E-state index is 12.6. The normalized spacial score (nSPS) is 46.8. The summed E-state index contributed by atoms with van der Waals surface area (Å²) in [4.78, 5) is 25.2. The number of carbonyl (C=O) groups excluding carboxylic acids is 2. The van der Waals surface area contributed by atoms with Crippen LogP contribution in [0.5, 0.6) is 0 Å². The molecule has 12 atom stereocenters. The quantitative estimate of drug-likeness (QED) is 0.205. The number of aliphatic hydroxyl groups is 4. The molecule has 0 aromatic heterocycles. The molecule has 10 rings (SSSR count). The van der Waals surface area contributed by atoms with Crippen molar-refractivity contribution in [1.29, 1.82) is 0 Å². The van der Waals surface area contributed by atoms with Gasteiger partial charge in [0.15, 0.2) is 11.5 Å². The molecule has 6 saturated carbocycles. The lowest BCUT2D eigenvalue weighted by molar-refractivity contribution is -0.160. The van der Waals surface area contributed by atoms with Gasteiger partial charge < -0.3 is 20.4 Å². The van der Waals surface area contributed by atoms with Crippen LogP contribution in [0.25, 0.3) is 0 Å². The number of hydrogen-bond acceptors (Lipinski definition) is 6. The van der Waals surface area contributed by atoms with Gasteiger partial charge >= 0.3 is 0 Å². The van der Waals surface area contributed by atoms with Crippen LogP contribution < -0.4 is 0 Å². The zero-order valence-electron chi connectivity index (χ0n) is 42.5. The van der Waals surface area contributed by atoms with E-state index in [0.29, 0.717) is 45.3 Å². The molecule has 0 aliphatic heterocycles. The summed E-state index contributed by atoms with van der Waals surface area (Å²) in [6, 6.07) is 0. The predicted molar refractivity (Wildman–Crippen MR) is 265 cm³/mol. The van der Waals surface area contributed by atoms with Crippen molar-refractivity contribution in [3.63, 3.8) is 0 Å². The molecule has 6 fully saturated rings. The lowest BCUT2D eigenvalue weighted by Crippen LogP contribution is -2.61. The van der Waals surface area contributed by atoms with Crippen LogP contribution in [0.2, 0.25) is 0 Å². The number of ketones is 2. The van der Waals surface area contributed by atoms with Gasteiger partial charge in [-0.05, 0) is 183 Å². The third-order valence-corrected chi connectivity index (χ3v) is 23.1. The highest BCUT2D eigenvalue weighted by Crippen LogP contribution is 2.78. The first-order valence-electron chi connectivity index (χ1n) is 25.4. The molecule has 4 N–H and O–H groups in total. The van der Waals surface area contributed by atoms with Gasteiger partial charge in [-0.15, -0.1) is 0 Å². The van der Waals surface area contributed by atoms with E-state index < -0.39 is 0 Å². The molecule has 10 aliphatic rings. The predicted octanol–water partition coefficient (Wildman–Crippen LogP) is 15.4. The first-order chi connectivity index (χ1) is 30.4. The summed E-state index contributed by atoms with van der Waals surface area (Å²) in [6.45, 7) is 35.6. The fraction of sp³-hybridized carbons (Fsp3) is 0.633. The Morgan fingerprint density at radius 3 is 1.17 bits per heavy atom. The number of carbonyl (C=O) groups is 2. The van der Waals surface area contributed by atoms with Crippen LogP contribution in [-0.2, 0) is 9.59 Å². The summed E-state index contributed by atoms with van der Waals surface area (Å²) in [7, 11) is 0. The van der Waals surface area contributed by atoms with Crippen LogP contribution in [0.3, 0.4) is 0 Å². The van der Waals surface area contributed by atoms with Crippen molar-refractivity contribution < 1.29 is 30.0 Å². The molecule has 0 aromatic rings. The van der Waals surface area contributed by atoms with Gasteiger partial charge in [0.25, 0.3) is 0 Å². The topological polar surface area (TPSA) is 115 Å². The van der Waals surface area contributed by atoms with E-state index in [1.54, 1.807) is 12.2 Å². The van der Waals surface area contributed by atoms with Gasteiger partial charge in [-0.2, -0.15) is 0 Å². The molecule has 0 spiro atoms. The maximum absolute atomic E-state index is 12.6. The van der Waals surface area contributed by atoms with Gasteiger partial charge in [0, 0.05) is 32.8 Å². The lowest BCUT2D eigenvalue weighted by Gasteiger charge is -2.70. The molecule has 0 bridgehead atoms. The van der Waals surface area contributed by atoms with Crippen LogP contribution in [0.4, 0.5) is 0 Å². The SMILES string of the molecule is C=C(O)C1(C)CCC2(C)CCC3(C)C4=CC=C5C(=CC(=O)C(O)=C5C)C4(C)CCC3(C)C2C1.C=C(O)[C@]1(C)CC[C@]2(C)CC[C@]3(C)C4=CC=C5C(=CC(=O)C(O)=C5C)[C@]4(C)CC[C@@]3(C)[C@@H]2C1. The Morgan fingerprint density at radius 2 is 0.833 bits per heavy atom. The zero-order valence-corrected chi connectivity index (χ0v) is 42.5. The van der Waals surface area contributed by atoms with Crippen molar-refractivity contribution in [2.75, 3.05) is 0 Å². The molecular weight excluding hydrogens is 817 g/mol. The summed E-state index contributed by atoms with van der Waals surface area (Å²) in [6.07, 6.45) is 27.5. The van der Waals surface area contributed by atoms with Gasteiger partial charge in [0.2, 0.25) is 11.6 Å². The van der Waals surface area contributed by atoms with E-state index in [2.05, 4.69) is 107 Å². The molecule has 6 nitrogen and oxygen atoms in total. The smallest absolute Gasteiger partial charge is 0.220 e. The van der Waals surface area contributed by atoms with E-state index in [1.165, 1.54) is 24.0 Å². The highest BCUT2D eigenvalue weighted by Gasteiger charge is 2.69. The average molecular weight is 897 g/mol. The molecule has 6 unspecified atom stereocenters. The first-order valence-corrected chi connectivity index (χ1v) is 25.4. The lowest BCUT2D eigenvalue weighted by atomic mass is 9.34. The van der Waals surface area contributed by atoms with Crippen molar-refractivity contribution >= 4 is 11.6 Å². The summed E-state index contributed by atoms with van der Waals surface area (Å²) in [5.41, 5.74) is 8.57. The van der Waals surface area contributed by atoms with E-state index in [4.69, 9.17) is 0 Å². The zero-order chi connectivity index (χ0) is 48.4. The molecule has 0 saturated heterocycles. The van der Waals surface area contributed by atoms with E-state index in [9.17, 15) is 30.0 Å². The van der Waals surface area contributed by atoms with Gasteiger partial charge in [-0.1, -0.05) is 118 Å². The third kappa shape index (κ3) is 5.90. The van der Waals surface area contributed by atoms with E-state index >= 15 is 0 Å². The second-order valence-corrected chi connectivity index (χ2v) is 26.1. The van der Waals surface area contributed by atoms with Crippen LogP contribution in [0.1, 0.15) is 173 Å². The fourth-order valence-electron chi connectivity index (χ4n) is 17.4. The minimum atomic E-state index is -0.263. The Morgan fingerprint density at radius 1 is 0.500 bits per heavy atom. The molecule has 0 amide bonds. The molecule has 0 heterocycles. The first kappa shape index (κ1) is 47.0. The second-order valence-electron chi connectivity index (χ2n) is 26.1. The van der Waals surface area contributed by atoms with Crippen LogP contribution >= 0.6 is 0 Å². The Balaban J connectivity index is 0.000000166. The van der Waals surface area contributed by atoms with Crippen LogP contribution in [0.15, 0.2) is 117 Å². The third-order valence-electron chi connectivity index (χ3n) is 23.1. The number of hydrogen-bond donors (Lipinski definition) is 4. The Kier molecular flexibility index (Phi) is 10.2. The molecule has 356 valence electrons. The minimum absolute atomic E-state index is 0.0161. The van der Waals surface area contributed by atoms with Gasteiger partial charge in [0.05, 0.1) is 11.5 Å². The number of fused-ring (bicyclic) bond motifs is 14. The largest absolute Gasteiger partial charge is 0.512 e. The molecule has 10 aliphatic carbocycles. The standard InChI is InChI=1S/2C30H40O3/c2*1-18-20-8-9-23-28(5,21(20)16-22(32)25(18)33)13-15-30(7)24-17-27(4,19(2)31)11-10-26(24,3)12-14-29(23,30)6/h2*8-9,16,24,31,33H,2,10-15,17H2,1,3-7H3/t24-,26-,27-,28+,29-,30+;/m1./s1. The number of allylic oxidation sites excluding steroid dienone is 16. The summed E-state index contributed by atoms with van der Waals surface area (Å²) in [5, 5.41) is 41.6. The summed E-state index contributed by atoms with van der Waals surface area (Å²) >= 11 is 0. The molecule has 6 heteroatoms. The Hall–Kier alpha value is -4.06. The van der Waals surface area contributed by atoms with Crippen molar-refractivity contribution in [1.82, 2.24) is 0 Å². The van der Waals surface area contributed by atoms with E-state index in [0.717, 1.165) is 99.3 Å². The summed E-state index contributed by atoms with van der Waals surface area (Å²) < 4.78 is 0. The van der Waals surface area contributed by atoms with Crippen LogP contribution in [-0.4, -0.2) is 32.0 Å². The minimum Gasteiger partial charge on any atom is -0.512 e. The molecule has 66 heavy (non-hydrogen) atoms. The highest BCUT2D eigenvalue weighted by molar-refractivity contribution is 6.07. The van der Waals surface area contributed by atoms with Gasteiger partial charge in [-0.25, -0.2) is 0 Å². The highest BCUT2D eigenvalue weighted by atomic mass is 16.3. The number of aliphatic hydroxyl groups excluding tert-OH is 4. The van der Waals surface area contributed by atoms with Crippen molar-refractivity contribution in [2.24, 2.45) is 66.0 Å².